The molecule has 0 spiro atoms. The van der Waals surface area contributed by atoms with Crippen molar-refractivity contribution >= 4 is 52.9 Å². The van der Waals surface area contributed by atoms with Gasteiger partial charge in [-0.2, -0.15) is 0 Å². The highest BCUT2D eigenvalue weighted by molar-refractivity contribution is 6.22. The number of carboxylic acid groups (broad SMARTS) is 3. The summed E-state index contributed by atoms with van der Waals surface area (Å²) in [6.07, 6.45) is 7.73. The fourth-order valence-corrected chi connectivity index (χ4v) is 5.41. The standard InChI is InChI=1S/C42H29N3O6/c46-40(47)33(30-10-4-1-5-11-30)20-27-16-18-43-36(23-27)38-25-29(22-35(42(50)51)32-14-8-3-9-15-32)26-39(45-38)37-24-28(17-19-44-37)21-34(41(48)49)31-12-6-2-7-13-31/h1-26H,(H,46,47)(H,48,49)(H,50,51)/b33-20+,34-21+,35-22+. The molecule has 0 saturated carbocycles. The van der Waals surface area contributed by atoms with Gasteiger partial charge in [-0.25, -0.2) is 19.4 Å². The average molecular weight is 672 g/mol. The number of carbonyl (C=O) groups is 3. The summed E-state index contributed by atoms with van der Waals surface area (Å²) in [5, 5.41) is 30.1. The molecule has 3 N–H and O–H groups in total. The van der Waals surface area contributed by atoms with Crippen LogP contribution in [-0.4, -0.2) is 48.2 Å². The van der Waals surface area contributed by atoms with Crippen LogP contribution >= 0.6 is 0 Å². The number of hydrogen-bond donors (Lipinski definition) is 3. The number of benzene rings is 3. The predicted molar refractivity (Wildman–Crippen MR) is 197 cm³/mol. The van der Waals surface area contributed by atoms with E-state index >= 15 is 0 Å². The van der Waals surface area contributed by atoms with Crippen LogP contribution in [0.2, 0.25) is 0 Å². The van der Waals surface area contributed by atoms with Crippen molar-refractivity contribution in [3.05, 3.63) is 173 Å². The second-order valence-electron chi connectivity index (χ2n) is 11.3. The Balaban J connectivity index is 1.50. The van der Waals surface area contributed by atoms with E-state index in [0.29, 0.717) is 56.2 Å². The highest BCUT2D eigenvalue weighted by Crippen LogP contribution is 2.29. The predicted octanol–water partition coefficient (Wildman–Crippen LogP) is 8.08. The van der Waals surface area contributed by atoms with Gasteiger partial charge in [0.15, 0.2) is 0 Å². The average Bonchev–Trinajstić information content (AvgIpc) is 3.16. The van der Waals surface area contributed by atoms with Crippen molar-refractivity contribution in [3.8, 4) is 22.8 Å². The van der Waals surface area contributed by atoms with E-state index in [0.717, 1.165) is 0 Å². The first-order valence-corrected chi connectivity index (χ1v) is 15.7. The molecule has 0 aliphatic heterocycles. The van der Waals surface area contributed by atoms with Crippen LogP contribution in [0.25, 0.3) is 57.7 Å². The zero-order valence-corrected chi connectivity index (χ0v) is 26.9. The molecule has 0 amide bonds. The smallest absolute Gasteiger partial charge is 0.336 e. The molecule has 3 heterocycles. The Hall–Kier alpha value is -7.26. The van der Waals surface area contributed by atoms with Gasteiger partial charge in [-0.1, -0.05) is 91.0 Å². The molecule has 9 nitrogen and oxygen atoms in total. The molecule has 248 valence electrons. The van der Waals surface area contributed by atoms with Crippen LogP contribution < -0.4 is 0 Å². The van der Waals surface area contributed by atoms with E-state index in [1.54, 1.807) is 152 Å². The minimum atomic E-state index is -1.12. The quantitative estimate of drug-likeness (QED) is 0.116. The third-order valence-corrected chi connectivity index (χ3v) is 7.82. The normalized spacial score (nSPS) is 12.0. The first-order valence-electron chi connectivity index (χ1n) is 15.7. The van der Waals surface area contributed by atoms with Crippen molar-refractivity contribution in [2.45, 2.75) is 0 Å². The monoisotopic (exact) mass is 671 g/mol. The van der Waals surface area contributed by atoms with E-state index in [-0.39, 0.29) is 16.7 Å². The molecule has 51 heavy (non-hydrogen) atoms. The molecule has 0 fully saturated rings. The number of rotatable bonds is 11. The number of nitrogens with zero attached hydrogens (tertiary/aromatic N) is 3. The lowest BCUT2D eigenvalue weighted by Gasteiger charge is -2.10. The molecule has 0 aliphatic rings. The van der Waals surface area contributed by atoms with Crippen LogP contribution in [0.15, 0.2) is 140 Å². The van der Waals surface area contributed by atoms with Crippen LogP contribution in [0.3, 0.4) is 0 Å². The Kier molecular flexibility index (Phi) is 10.1. The molecule has 0 radical (unpaired) electrons. The molecule has 0 aliphatic carbocycles. The Labute approximate surface area is 292 Å². The fourth-order valence-electron chi connectivity index (χ4n) is 5.41. The van der Waals surface area contributed by atoms with Gasteiger partial charge in [0.2, 0.25) is 0 Å². The summed E-state index contributed by atoms with van der Waals surface area (Å²) in [5.74, 6) is -3.30. The van der Waals surface area contributed by atoms with Crippen molar-refractivity contribution in [1.82, 2.24) is 15.0 Å². The maximum atomic E-state index is 12.4. The highest BCUT2D eigenvalue weighted by Gasteiger charge is 2.16. The van der Waals surface area contributed by atoms with Crippen molar-refractivity contribution in [3.63, 3.8) is 0 Å². The Bertz CT molecular complexity index is 2200. The lowest BCUT2D eigenvalue weighted by atomic mass is 10.0. The van der Waals surface area contributed by atoms with Gasteiger partial charge in [-0.15, -0.1) is 0 Å². The van der Waals surface area contributed by atoms with E-state index in [4.69, 9.17) is 4.98 Å². The molecule has 0 bridgehead atoms. The molecule has 9 heteroatoms. The minimum absolute atomic E-state index is 0.0518. The van der Waals surface area contributed by atoms with Crippen molar-refractivity contribution in [2.75, 3.05) is 0 Å². The molecule has 0 atom stereocenters. The molecule has 0 unspecified atom stereocenters. The first-order chi connectivity index (χ1) is 24.7. The topological polar surface area (TPSA) is 151 Å². The number of aliphatic carboxylic acids is 3. The van der Waals surface area contributed by atoms with E-state index in [2.05, 4.69) is 9.97 Å². The maximum Gasteiger partial charge on any atom is 0.336 e. The third-order valence-electron chi connectivity index (χ3n) is 7.82. The van der Waals surface area contributed by atoms with Crippen molar-refractivity contribution < 1.29 is 29.7 Å². The summed E-state index contributed by atoms with van der Waals surface area (Å²) in [4.78, 5) is 50.7. The van der Waals surface area contributed by atoms with E-state index in [9.17, 15) is 29.7 Å². The molecule has 3 aromatic carbocycles. The van der Waals surface area contributed by atoms with Crippen LogP contribution in [0.4, 0.5) is 0 Å². The van der Waals surface area contributed by atoms with Crippen LogP contribution in [-0.2, 0) is 14.4 Å². The Morgan fingerprint density at radius 3 is 1.06 bits per heavy atom. The first kappa shape index (κ1) is 33.6. The lowest BCUT2D eigenvalue weighted by Crippen LogP contribution is -2.01. The molecule has 0 saturated heterocycles. The summed E-state index contributed by atoms with van der Waals surface area (Å²) in [5.41, 5.74) is 5.01. The number of carboxylic acids is 3. The van der Waals surface area contributed by atoms with Gasteiger partial charge in [0.25, 0.3) is 0 Å². The number of aromatic nitrogens is 3. The Morgan fingerprint density at radius 1 is 0.412 bits per heavy atom. The van der Waals surface area contributed by atoms with Gasteiger partial charge >= 0.3 is 17.9 Å². The molecule has 3 aromatic heterocycles. The van der Waals surface area contributed by atoms with Gasteiger partial charge in [-0.05, 0) is 88.0 Å². The van der Waals surface area contributed by atoms with Gasteiger partial charge < -0.3 is 15.3 Å². The zero-order chi connectivity index (χ0) is 35.7. The van der Waals surface area contributed by atoms with Gasteiger partial charge in [0.05, 0.1) is 39.5 Å². The van der Waals surface area contributed by atoms with E-state index in [1.807, 2.05) is 0 Å². The third kappa shape index (κ3) is 8.25. The summed E-state index contributed by atoms with van der Waals surface area (Å²) >= 11 is 0. The SMILES string of the molecule is O=C(O)/C(=C/c1ccnc(-c2cc(/C=C(/C(=O)O)c3ccccc3)cc(-c3cc(/C=C(/C(=O)O)c4ccccc4)ccn3)n2)c1)c1ccccc1. The van der Waals surface area contributed by atoms with Gasteiger partial charge in [0, 0.05) is 12.4 Å². The summed E-state index contributed by atoms with van der Waals surface area (Å²) in [6.45, 7) is 0. The van der Waals surface area contributed by atoms with Gasteiger partial charge in [0.1, 0.15) is 0 Å². The van der Waals surface area contributed by atoms with E-state index in [1.165, 1.54) is 6.08 Å². The Morgan fingerprint density at radius 2 is 0.725 bits per heavy atom. The number of pyridine rings is 3. The molecule has 6 rings (SSSR count). The van der Waals surface area contributed by atoms with Crippen LogP contribution in [0, 0.1) is 0 Å². The second kappa shape index (κ2) is 15.3. The highest BCUT2D eigenvalue weighted by atomic mass is 16.4. The lowest BCUT2D eigenvalue weighted by molar-refractivity contribution is -0.131. The zero-order valence-electron chi connectivity index (χ0n) is 26.9. The molecular formula is C42H29N3O6. The van der Waals surface area contributed by atoms with Crippen LogP contribution in [0.1, 0.15) is 33.4 Å². The maximum absolute atomic E-state index is 12.4. The van der Waals surface area contributed by atoms with Crippen molar-refractivity contribution in [2.24, 2.45) is 0 Å². The summed E-state index contributed by atoms with van der Waals surface area (Å²) in [6, 6.07) is 36.4. The summed E-state index contributed by atoms with van der Waals surface area (Å²) in [7, 11) is 0. The van der Waals surface area contributed by atoms with E-state index < -0.39 is 17.9 Å². The van der Waals surface area contributed by atoms with Crippen LogP contribution in [0.5, 0.6) is 0 Å². The molecule has 6 aromatic rings. The minimum Gasteiger partial charge on any atom is -0.478 e. The molecular weight excluding hydrogens is 642 g/mol. The largest absolute Gasteiger partial charge is 0.478 e. The summed E-state index contributed by atoms with van der Waals surface area (Å²) < 4.78 is 0. The second-order valence-corrected chi connectivity index (χ2v) is 11.3. The fraction of sp³-hybridized carbons (Fsp3) is 0. The number of hydrogen-bond acceptors (Lipinski definition) is 6. The van der Waals surface area contributed by atoms with Gasteiger partial charge in [-0.3, -0.25) is 9.97 Å². The van der Waals surface area contributed by atoms with Crippen molar-refractivity contribution in [1.29, 1.82) is 0 Å².